The number of piperidine rings is 1. The Morgan fingerprint density at radius 1 is 1.12 bits per heavy atom. The van der Waals surface area contributed by atoms with Crippen LogP contribution < -0.4 is 5.32 Å². The largest absolute Gasteiger partial charge is 0.340 e. The smallest absolute Gasteiger partial charge is 0.322 e. The minimum atomic E-state index is -0.0556. The number of nitrogens with one attached hydrogen (secondary N) is 1. The highest BCUT2D eigenvalue weighted by Gasteiger charge is 2.31. The van der Waals surface area contributed by atoms with Gasteiger partial charge in [-0.25, -0.2) is 4.79 Å². The van der Waals surface area contributed by atoms with Crippen molar-refractivity contribution in [2.45, 2.75) is 19.8 Å². The summed E-state index contributed by atoms with van der Waals surface area (Å²) in [5.41, 5.74) is 0. The standard InChI is InChI=1S/C17H26N4O2S/c1-2-19-9-11-20(12-10-19)16(22)14-5-7-21(8-6-14)17(23)18-15-4-3-13-24-15/h3-4,13-14H,2,5-12H2,1H3,(H,18,23). The Kier molecular flexibility index (Phi) is 5.73. The molecular weight excluding hydrogens is 324 g/mol. The fraction of sp³-hybridized carbons (Fsp3) is 0.647. The SMILES string of the molecule is CCN1CCN(C(=O)C2CCN(C(=O)Nc3cccs3)CC2)CC1. The molecule has 2 aliphatic heterocycles. The fourth-order valence-electron chi connectivity index (χ4n) is 3.41. The van der Waals surface area contributed by atoms with Gasteiger partial charge in [-0.1, -0.05) is 6.92 Å². The van der Waals surface area contributed by atoms with E-state index in [2.05, 4.69) is 17.1 Å². The number of hydrogen-bond donors (Lipinski definition) is 1. The summed E-state index contributed by atoms with van der Waals surface area (Å²) in [4.78, 5) is 31.1. The summed E-state index contributed by atoms with van der Waals surface area (Å²) in [7, 11) is 0. The molecule has 3 rings (SSSR count). The van der Waals surface area contributed by atoms with Crippen LogP contribution in [0.2, 0.25) is 0 Å². The summed E-state index contributed by atoms with van der Waals surface area (Å²) in [5.74, 6) is 0.355. The minimum Gasteiger partial charge on any atom is -0.340 e. The molecule has 132 valence electrons. The molecule has 0 atom stereocenters. The van der Waals surface area contributed by atoms with Crippen LogP contribution in [0.5, 0.6) is 0 Å². The molecule has 2 fully saturated rings. The number of rotatable bonds is 3. The lowest BCUT2D eigenvalue weighted by Crippen LogP contribution is -2.52. The third kappa shape index (κ3) is 4.08. The van der Waals surface area contributed by atoms with Crippen LogP contribution in [0.3, 0.4) is 0 Å². The molecule has 0 aliphatic carbocycles. The van der Waals surface area contributed by atoms with Gasteiger partial charge in [-0.15, -0.1) is 11.3 Å². The topological polar surface area (TPSA) is 55.9 Å². The van der Waals surface area contributed by atoms with Crippen LogP contribution in [0, 0.1) is 5.92 Å². The first kappa shape index (κ1) is 17.2. The maximum atomic E-state index is 12.7. The number of piperazine rings is 1. The molecule has 2 aliphatic rings. The lowest BCUT2D eigenvalue weighted by Gasteiger charge is -2.38. The Hall–Kier alpha value is -1.60. The molecule has 0 bridgehead atoms. The van der Waals surface area contributed by atoms with Gasteiger partial charge in [0, 0.05) is 45.2 Å². The highest BCUT2D eigenvalue weighted by Crippen LogP contribution is 2.22. The molecule has 1 aromatic rings. The van der Waals surface area contributed by atoms with Crippen LogP contribution in [0.1, 0.15) is 19.8 Å². The molecule has 0 spiro atoms. The highest BCUT2D eigenvalue weighted by atomic mass is 32.1. The van der Waals surface area contributed by atoms with E-state index < -0.39 is 0 Å². The van der Waals surface area contributed by atoms with E-state index in [-0.39, 0.29) is 17.9 Å². The van der Waals surface area contributed by atoms with Crippen LogP contribution in [-0.4, -0.2) is 72.5 Å². The van der Waals surface area contributed by atoms with Crippen molar-refractivity contribution in [1.82, 2.24) is 14.7 Å². The van der Waals surface area contributed by atoms with E-state index in [1.807, 2.05) is 27.3 Å². The second-order valence-corrected chi connectivity index (χ2v) is 7.38. The summed E-state index contributed by atoms with van der Waals surface area (Å²) in [6.45, 7) is 8.16. The number of hydrogen-bond acceptors (Lipinski definition) is 4. The third-order valence-corrected chi connectivity index (χ3v) is 5.80. The molecule has 1 aromatic heterocycles. The second-order valence-electron chi connectivity index (χ2n) is 6.43. The van der Waals surface area contributed by atoms with Gasteiger partial charge in [0.15, 0.2) is 0 Å². The molecule has 0 radical (unpaired) electrons. The monoisotopic (exact) mass is 350 g/mol. The highest BCUT2D eigenvalue weighted by molar-refractivity contribution is 7.14. The van der Waals surface area contributed by atoms with Gasteiger partial charge in [-0.2, -0.15) is 0 Å². The van der Waals surface area contributed by atoms with Crippen molar-refractivity contribution in [3.8, 4) is 0 Å². The first-order chi connectivity index (χ1) is 11.7. The molecule has 0 unspecified atom stereocenters. The van der Waals surface area contributed by atoms with Gasteiger partial charge in [0.1, 0.15) is 0 Å². The average Bonchev–Trinajstić information content (AvgIpc) is 3.14. The lowest BCUT2D eigenvalue weighted by molar-refractivity contribution is -0.138. The van der Waals surface area contributed by atoms with E-state index in [1.165, 1.54) is 11.3 Å². The molecule has 3 heterocycles. The van der Waals surface area contributed by atoms with Gasteiger partial charge < -0.3 is 14.7 Å². The molecule has 0 saturated carbocycles. The Morgan fingerprint density at radius 3 is 2.42 bits per heavy atom. The van der Waals surface area contributed by atoms with Crippen LogP contribution in [0.15, 0.2) is 17.5 Å². The quantitative estimate of drug-likeness (QED) is 0.909. The van der Waals surface area contributed by atoms with E-state index in [9.17, 15) is 9.59 Å². The second kappa shape index (κ2) is 7.98. The Morgan fingerprint density at radius 2 is 1.83 bits per heavy atom. The van der Waals surface area contributed by atoms with E-state index in [0.29, 0.717) is 13.1 Å². The van der Waals surface area contributed by atoms with Crippen LogP contribution in [-0.2, 0) is 4.79 Å². The molecule has 7 heteroatoms. The summed E-state index contributed by atoms with van der Waals surface area (Å²) in [6.07, 6.45) is 1.54. The molecular formula is C17H26N4O2S. The van der Waals surface area contributed by atoms with Crippen LogP contribution in [0.4, 0.5) is 9.80 Å². The van der Waals surface area contributed by atoms with Gasteiger partial charge in [-0.05, 0) is 36.9 Å². The third-order valence-electron chi connectivity index (χ3n) is 5.01. The summed E-state index contributed by atoms with van der Waals surface area (Å²) < 4.78 is 0. The predicted molar refractivity (Wildman–Crippen MR) is 96.3 cm³/mol. The average molecular weight is 350 g/mol. The first-order valence-corrected chi connectivity index (χ1v) is 9.66. The van der Waals surface area contributed by atoms with Crippen LogP contribution in [0.25, 0.3) is 0 Å². The van der Waals surface area contributed by atoms with Crippen molar-refractivity contribution in [2.75, 3.05) is 51.1 Å². The number of likely N-dealkylation sites (N-methyl/N-ethyl adjacent to an activating group) is 1. The van der Waals surface area contributed by atoms with Gasteiger partial charge in [0.2, 0.25) is 5.91 Å². The van der Waals surface area contributed by atoms with Crippen molar-refractivity contribution >= 4 is 28.3 Å². The van der Waals surface area contributed by atoms with Crippen molar-refractivity contribution in [3.05, 3.63) is 17.5 Å². The number of anilines is 1. The van der Waals surface area contributed by atoms with Crippen molar-refractivity contribution in [2.24, 2.45) is 5.92 Å². The molecule has 1 N–H and O–H groups in total. The number of carbonyl (C=O) groups excluding carboxylic acids is 2. The summed E-state index contributed by atoms with van der Waals surface area (Å²) in [5, 5.41) is 5.73. The number of nitrogens with zero attached hydrogens (tertiary/aromatic N) is 3. The first-order valence-electron chi connectivity index (χ1n) is 8.78. The summed E-state index contributed by atoms with van der Waals surface area (Å²) in [6, 6.07) is 3.76. The minimum absolute atomic E-state index is 0.0556. The maximum Gasteiger partial charge on any atom is 0.322 e. The number of amides is 3. The number of carbonyl (C=O) groups is 2. The van der Waals surface area contributed by atoms with Gasteiger partial charge in [0.25, 0.3) is 0 Å². The lowest BCUT2D eigenvalue weighted by atomic mass is 9.95. The van der Waals surface area contributed by atoms with E-state index in [1.54, 1.807) is 0 Å². The molecule has 3 amide bonds. The normalized spacial score (nSPS) is 20.2. The zero-order chi connectivity index (χ0) is 16.9. The van der Waals surface area contributed by atoms with Crippen molar-refractivity contribution in [3.63, 3.8) is 0 Å². The Labute approximate surface area is 147 Å². The van der Waals surface area contributed by atoms with Gasteiger partial charge in [-0.3, -0.25) is 10.1 Å². The zero-order valence-electron chi connectivity index (χ0n) is 14.2. The Balaban J connectivity index is 1.44. The summed E-state index contributed by atoms with van der Waals surface area (Å²) >= 11 is 1.52. The van der Waals surface area contributed by atoms with E-state index in [4.69, 9.17) is 0 Å². The molecule has 0 aromatic carbocycles. The van der Waals surface area contributed by atoms with Crippen molar-refractivity contribution < 1.29 is 9.59 Å². The Bertz CT molecular complexity index is 547. The van der Waals surface area contributed by atoms with Gasteiger partial charge in [0.05, 0.1) is 5.00 Å². The zero-order valence-corrected chi connectivity index (χ0v) is 15.1. The molecule has 2 saturated heterocycles. The van der Waals surface area contributed by atoms with Gasteiger partial charge >= 0.3 is 6.03 Å². The van der Waals surface area contributed by atoms with Crippen molar-refractivity contribution in [1.29, 1.82) is 0 Å². The predicted octanol–water partition coefficient (Wildman–Crippen LogP) is 2.16. The maximum absolute atomic E-state index is 12.7. The number of likely N-dealkylation sites (tertiary alicyclic amines) is 1. The van der Waals surface area contributed by atoms with Crippen LogP contribution >= 0.6 is 11.3 Å². The van der Waals surface area contributed by atoms with E-state index in [0.717, 1.165) is 50.6 Å². The molecule has 6 nitrogen and oxygen atoms in total. The number of urea groups is 1. The fourth-order valence-corrected chi connectivity index (χ4v) is 4.01. The van der Waals surface area contributed by atoms with E-state index >= 15 is 0 Å². The number of thiophene rings is 1. The molecule has 24 heavy (non-hydrogen) atoms.